The van der Waals surface area contributed by atoms with Crippen LogP contribution in [0, 0.1) is 6.92 Å². The number of benzene rings is 2. The van der Waals surface area contributed by atoms with Gasteiger partial charge in [0.2, 0.25) is 0 Å². The summed E-state index contributed by atoms with van der Waals surface area (Å²) in [6.07, 6.45) is 7.61. The van der Waals surface area contributed by atoms with E-state index in [1.807, 2.05) is 16.9 Å². The number of aryl methyl sites for hydroxylation is 1. The van der Waals surface area contributed by atoms with Gasteiger partial charge in [-0.25, -0.2) is 4.68 Å². The summed E-state index contributed by atoms with van der Waals surface area (Å²) in [6, 6.07) is 16.8. The van der Waals surface area contributed by atoms with Crippen molar-refractivity contribution in [2.24, 2.45) is 0 Å². The highest BCUT2D eigenvalue weighted by Gasteiger charge is 2.45. The summed E-state index contributed by atoms with van der Waals surface area (Å²) in [6.45, 7) is 3.44. The molecule has 1 atom stereocenters. The van der Waals surface area contributed by atoms with Gasteiger partial charge in [0.25, 0.3) is 0 Å². The van der Waals surface area contributed by atoms with Gasteiger partial charge >= 0.3 is 0 Å². The Balaban J connectivity index is 1.47. The summed E-state index contributed by atoms with van der Waals surface area (Å²) in [7, 11) is 0. The van der Waals surface area contributed by atoms with Crippen molar-refractivity contribution in [2.75, 3.05) is 6.54 Å². The van der Waals surface area contributed by atoms with E-state index in [9.17, 15) is 5.11 Å². The fraction of sp³-hybridized carbons (Fsp3) is 0.417. The molecule has 0 saturated heterocycles. The summed E-state index contributed by atoms with van der Waals surface area (Å²) in [5, 5.41) is 19.7. The SMILES string of the molecule is Cc1ccc(-n2cc(CN3CC(O)c4ccccc4C34CCCCC4)nn2)cc1. The van der Waals surface area contributed by atoms with Gasteiger partial charge < -0.3 is 5.11 Å². The molecular formula is C24H28N4O. The van der Waals surface area contributed by atoms with Crippen LogP contribution in [0.2, 0.25) is 0 Å². The van der Waals surface area contributed by atoms with Crippen LogP contribution in [0.5, 0.6) is 0 Å². The fourth-order valence-electron chi connectivity index (χ4n) is 5.19. The van der Waals surface area contributed by atoms with E-state index < -0.39 is 6.10 Å². The molecule has 1 fully saturated rings. The van der Waals surface area contributed by atoms with Crippen LogP contribution < -0.4 is 0 Å². The van der Waals surface area contributed by atoms with Crippen molar-refractivity contribution in [1.29, 1.82) is 0 Å². The van der Waals surface area contributed by atoms with Crippen molar-refractivity contribution in [3.63, 3.8) is 0 Å². The molecule has 1 aliphatic heterocycles. The van der Waals surface area contributed by atoms with Crippen molar-refractivity contribution in [2.45, 2.75) is 57.2 Å². The van der Waals surface area contributed by atoms with Gasteiger partial charge in [0.15, 0.2) is 0 Å². The molecule has 150 valence electrons. The van der Waals surface area contributed by atoms with E-state index in [1.54, 1.807) is 0 Å². The lowest BCUT2D eigenvalue weighted by molar-refractivity contribution is -0.0215. The molecular weight excluding hydrogens is 360 g/mol. The minimum Gasteiger partial charge on any atom is -0.387 e. The smallest absolute Gasteiger partial charge is 0.0972 e. The number of β-amino-alcohol motifs (C(OH)–C–C–N with tert-alkyl or cyclic N) is 1. The Morgan fingerprint density at radius 1 is 1.03 bits per heavy atom. The normalized spacial score (nSPS) is 21.2. The summed E-state index contributed by atoms with van der Waals surface area (Å²) >= 11 is 0. The lowest BCUT2D eigenvalue weighted by Crippen LogP contribution is -2.52. The molecule has 5 heteroatoms. The first-order chi connectivity index (χ1) is 14.2. The predicted octanol–water partition coefficient (Wildman–Crippen LogP) is 4.28. The molecule has 5 nitrogen and oxygen atoms in total. The maximum Gasteiger partial charge on any atom is 0.0972 e. The first kappa shape index (κ1) is 18.5. The van der Waals surface area contributed by atoms with Crippen molar-refractivity contribution in [3.05, 3.63) is 77.1 Å². The first-order valence-electron chi connectivity index (χ1n) is 10.7. The van der Waals surface area contributed by atoms with Gasteiger partial charge in [-0.3, -0.25) is 4.90 Å². The molecule has 0 radical (unpaired) electrons. The number of rotatable bonds is 3. The van der Waals surface area contributed by atoms with Crippen molar-refractivity contribution < 1.29 is 5.11 Å². The van der Waals surface area contributed by atoms with Crippen LogP contribution in [0.4, 0.5) is 0 Å². The largest absolute Gasteiger partial charge is 0.387 e. The van der Waals surface area contributed by atoms with E-state index in [-0.39, 0.29) is 5.54 Å². The molecule has 5 rings (SSSR count). The number of hydrogen-bond acceptors (Lipinski definition) is 4. The van der Waals surface area contributed by atoms with Gasteiger partial charge in [-0.05, 0) is 43.0 Å². The second-order valence-corrected chi connectivity index (χ2v) is 8.57. The lowest BCUT2D eigenvalue weighted by atomic mass is 9.70. The van der Waals surface area contributed by atoms with Crippen LogP contribution in [-0.4, -0.2) is 31.5 Å². The Kier molecular flexibility index (Phi) is 4.72. The Labute approximate surface area is 172 Å². The lowest BCUT2D eigenvalue weighted by Gasteiger charge is -2.51. The maximum atomic E-state index is 10.9. The van der Waals surface area contributed by atoms with Crippen LogP contribution in [-0.2, 0) is 12.1 Å². The number of aliphatic hydroxyl groups is 1. The number of fused-ring (bicyclic) bond motifs is 2. The van der Waals surface area contributed by atoms with Crippen LogP contribution >= 0.6 is 0 Å². The van der Waals surface area contributed by atoms with Crippen LogP contribution in [0.25, 0.3) is 5.69 Å². The zero-order valence-corrected chi connectivity index (χ0v) is 17.0. The second-order valence-electron chi connectivity index (χ2n) is 8.57. The molecule has 3 aromatic rings. The van der Waals surface area contributed by atoms with Gasteiger partial charge in [0, 0.05) is 18.6 Å². The highest BCUT2D eigenvalue weighted by atomic mass is 16.3. The molecule has 0 amide bonds. The number of hydrogen-bond donors (Lipinski definition) is 1. The molecule has 2 aliphatic rings. The zero-order chi connectivity index (χ0) is 19.8. The molecule has 1 N–H and O–H groups in total. The zero-order valence-electron chi connectivity index (χ0n) is 17.0. The molecule has 2 heterocycles. The van der Waals surface area contributed by atoms with Crippen molar-refractivity contribution >= 4 is 0 Å². The van der Waals surface area contributed by atoms with Crippen LogP contribution in [0.1, 0.15) is 60.6 Å². The van der Waals surface area contributed by atoms with Crippen molar-refractivity contribution in [1.82, 2.24) is 19.9 Å². The third-order valence-corrected chi connectivity index (χ3v) is 6.69. The topological polar surface area (TPSA) is 54.2 Å². The first-order valence-corrected chi connectivity index (χ1v) is 10.7. The average Bonchev–Trinajstić information content (AvgIpc) is 3.22. The summed E-state index contributed by atoms with van der Waals surface area (Å²) < 4.78 is 1.84. The minimum absolute atomic E-state index is 0.00170. The van der Waals surface area contributed by atoms with Gasteiger partial charge in [-0.1, -0.05) is 66.4 Å². The molecule has 0 bridgehead atoms. The van der Waals surface area contributed by atoms with E-state index in [2.05, 4.69) is 64.6 Å². The Bertz CT molecular complexity index is 988. The van der Waals surface area contributed by atoms with E-state index in [1.165, 1.54) is 30.4 Å². The molecule has 1 aliphatic carbocycles. The molecule has 1 unspecified atom stereocenters. The van der Waals surface area contributed by atoms with E-state index in [0.29, 0.717) is 13.1 Å². The van der Waals surface area contributed by atoms with Crippen LogP contribution in [0.3, 0.4) is 0 Å². The molecule has 2 aromatic carbocycles. The van der Waals surface area contributed by atoms with Crippen molar-refractivity contribution in [3.8, 4) is 5.69 Å². The van der Waals surface area contributed by atoms with Gasteiger partial charge in [-0.2, -0.15) is 0 Å². The Morgan fingerprint density at radius 2 is 1.79 bits per heavy atom. The van der Waals surface area contributed by atoms with E-state index in [4.69, 9.17) is 0 Å². The van der Waals surface area contributed by atoms with E-state index in [0.717, 1.165) is 29.8 Å². The number of aliphatic hydroxyl groups excluding tert-OH is 1. The number of aromatic nitrogens is 3. The quantitative estimate of drug-likeness (QED) is 0.727. The van der Waals surface area contributed by atoms with Crippen LogP contribution in [0.15, 0.2) is 54.7 Å². The van der Waals surface area contributed by atoms with Gasteiger partial charge in [0.05, 0.1) is 23.7 Å². The minimum atomic E-state index is -0.453. The molecule has 1 spiro atoms. The van der Waals surface area contributed by atoms with E-state index >= 15 is 0 Å². The fourth-order valence-corrected chi connectivity index (χ4v) is 5.19. The average molecular weight is 389 g/mol. The summed E-state index contributed by atoms with van der Waals surface area (Å²) in [4.78, 5) is 2.46. The predicted molar refractivity (Wildman–Crippen MR) is 113 cm³/mol. The van der Waals surface area contributed by atoms with Gasteiger partial charge in [0.1, 0.15) is 0 Å². The maximum absolute atomic E-state index is 10.9. The second kappa shape index (κ2) is 7.39. The Hall–Kier alpha value is -2.50. The highest BCUT2D eigenvalue weighted by molar-refractivity contribution is 5.39. The Morgan fingerprint density at radius 3 is 2.59 bits per heavy atom. The monoisotopic (exact) mass is 388 g/mol. The molecule has 1 aromatic heterocycles. The third-order valence-electron chi connectivity index (χ3n) is 6.69. The highest BCUT2D eigenvalue weighted by Crippen LogP contribution is 2.48. The molecule has 29 heavy (non-hydrogen) atoms. The third kappa shape index (κ3) is 3.28. The molecule has 1 saturated carbocycles. The van der Waals surface area contributed by atoms with Gasteiger partial charge in [-0.15, -0.1) is 5.10 Å². The summed E-state index contributed by atoms with van der Waals surface area (Å²) in [5.74, 6) is 0. The summed E-state index contributed by atoms with van der Waals surface area (Å²) in [5.41, 5.74) is 5.61. The number of nitrogens with zero attached hydrogens (tertiary/aromatic N) is 4. The standard InChI is InChI=1S/C24H28N4O/c1-18-9-11-20(12-10-18)28-16-19(25-26-28)15-27-17-23(29)21-7-3-4-8-22(21)24(27)13-5-2-6-14-24/h3-4,7-12,16,23,29H,2,5-6,13-15,17H2,1H3.